The van der Waals surface area contributed by atoms with Crippen molar-refractivity contribution in [1.29, 1.82) is 0 Å². The molecule has 0 radical (unpaired) electrons. The fourth-order valence-electron chi connectivity index (χ4n) is 2.77. The van der Waals surface area contributed by atoms with Crippen LogP contribution in [0.25, 0.3) is 0 Å². The number of esters is 1. The molecule has 9 nitrogen and oxygen atoms in total. The number of ether oxygens (including phenoxy) is 1. The van der Waals surface area contributed by atoms with Crippen molar-refractivity contribution in [3.05, 3.63) is 64.9 Å². The highest BCUT2D eigenvalue weighted by atomic mass is 35.5. The van der Waals surface area contributed by atoms with Gasteiger partial charge < -0.3 is 19.9 Å². The van der Waals surface area contributed by atoms with Crippen LogP contribution in [0.3, 0.4) is 0 Å². The normalized spacial score (nSPS) is 10.5. The number of rotatable bonds is 9. The van der Waals surface area contributed by atoms with Crippen molar-refractivity contribution in [1.82, 2.24) is 14.8 Å². The van der Waals surface area contributed by atoms with Crippen LogP contribution in [-0.4, -0.2) is 44.9 Å². The number of carbonyl (C=O) groups excluding carboxylic acids is 3. The van der Waals surface area contributed by atoms with Crippen LogP contribution in [0.1, 0.15) is 23.1 Å². The van der Waals surface area contributed by atoms with Crippen molar-refractivity contribution in [2.45, 2.75) is 18.5 Å². The van der Waals surface area contributed by atoms with Gasteiger partial charge in [-0.2, -0.15) is 0 Å². The van der Waals surface area contributed by atoms with Gasteiger partial charge >= 0.3 is 5.97 Å². The van der Waals surface area contributed by atoms with Gasteiger partial charge in [0, 0.05) is 12.7 Å². The SMILES string of the molecule is CCOC(=O)c1ccc(Cl)c(NC(=O)CSc2nnc(CC(=O)Nc3ccccc3)n2C)c1. The first-order valence-electron chi connectivity index (χ1n) is 10.00. The number of anilines is 2. The van der Waals surface area contributed by atoms with E-state index < -0.39 is 5.97 Å². The maximum Gasteiger partial charge on any atom is 0.338 e. The van der Waals surface area contributed by atoms with Crippen LogP contribution >= 0.6 is 23.4 Å². The highest BCUT2D eigenvalue weighted by Gasteiger charge is 2.16. The smallest absolute Gasteiger partial charge is 0.338 e. The first-order chi connectivity index (χ1) is 15.9. The van der Waals surface area contributed by atoms with Gasteiger partial charge in [0.2, 0.25) is 11.8 Å². The lowest BCUT2D eigenvalue weighted by Crippen LogP contribution is -2.17. The molecule has 1 heterocycles. The lowest BCUT2D eigenvalue weighted by molar-refractivity contribution is -0.116. The Labute approximate surface area is 199 Å². The van der Waals surface area contributed by atoms with Gasteiger partial charge in [0.15, 0.2) is 5.16 Å². The number of hydrogen-bond acceptors (Lipinski definition) is 7. The van der Waals surface area contributed by atoms with E-state index in [1.165, 1.54) is 18.2 Å². The maximum atomic E-state index is 12.4. The van der Waals surface area contributed by atoms with Crippen LogP contribution in [0.15, 0.2) is 53.7 Å². The van der Waals surface area contributed by atoms with E-state index in [-0.39, 0.29) is 36.2 Å². The Hall–Kier alpha value is -3.37. The average molecular weight is 488 g/mol. The van der Waals surface area contributed by atoms with E-state index in [1.807, 2.05) is 18.2 Å². The third kappa shape index (κ3) is 6.80. The standard InChI is InChI=1S/C22H22ClN5O4S/c1-3-32-21(31)14-9-10-16(23)17(11-14)25-20(30)13-33-22-27-26-18(28(22)2)12-19(29)24-15-7-5-4-6-8-15/h4-11H,3,12-13H2,1-2H3,(H,24,29)(H,25,30). The molecule has 3 rings (SSSR count). The molecule has 0 aliphatic carbocycles. The second-order valence-electron chi connectivity index (χ2n) is 6.80. The fraction of sp³-hybridized carbons (Fsp3) is 0.227. The summed E-state index contributed by atoms with van der Waals surface area (Å²) in [7, 11) is 1.73. The molecule has 0 bridgehead atoms. The summed E-state index contributed by atoms with van der Waals surface area (Å²) >= 11 is 7.30. The molecule has 0 aliphatic heterocycles. The number of nitrogens with one attached hydrogen (secondary N) is 2. The van der Waals surface area contributed by atoms with Gasteiger partial charge in [0.1, 0.15) is 5.82 Å². The number of nitrogens with zero attached hydrogens (tertiary/aromatic N) is 3. The molecule has 0 atom stereocenters. The minimum atomic E-state index is -0.498. The third-order valence-corrected chi connectivity index (χ3v) is 5.74. The number of halogens is 1. The molecule has 0 spiro atoms. The van der Waals surface area contributed by atoms with E-state index in [9.17, 15) is 14.4 Å². The Morgan fingerprint density at radius 1 is 1.06 bits per heavy atom. The Bertz CT molecular complexity index is 1150. The molecule has 2 N–H and O–H groups in total. The summed E-state index contributed by atoms with van der Waals surface area (Å²) in [5.41, 5.74) is 1.29. The molecule has 33 heavy (non-hydrogen) atoms. The number of benzene rings is 2. The summed E-state index contributed by atoms with van der Waals surface area (Å²) < 4.78 is 6.63. The van der Waals surface area contributed by atoms with Gasteiger partial charge in [0.25, 0.3) is 0 Å². The Morgan fingerprint density at radius 3 is 2.55 bits per heavy atom. The second-order valence-corrected chi connectivity index (χ2v) is 8.15. The second kappa shape index (κ2) is 11.5. The maximum absolute atomic E-state index is 12.4. The van der Waals surface area contributed by atoms with E-state index in [0.717, 1.165) is 11.8 Å². The topological polar surface area (TPSA) is 115 Å². The molecule has 0 unspecified atom stereocenters. The fourth-order valence-corrected chi connectivity index (χ4v) is 3.67. The molecular formula is C22H22ClN5O4S. The average Bonchev–Trinajstić information content (AvgIpc) is 3.13. The zero-order chi connectivity index (χ0) is 23.8. The zero-order valence-corrected chi connectivity index (χ0v) is 19.6. The van der Waals surface area contributed by atoms with Gasteiger partial charge in [0.05, 0.1) is 35.1 Å². The third-order valence-electron chi connectivity index (χ3n) is 4.39. The summed E-state index contributed by atoms with van der Waals surface area (Å²) in [6.07, 6.45) is 0.0431. The van der Waals surface area contributed by atoms with Crippen molar-refractivity contribution in [3.63, 3.8) is 0 Å². The van der Waals surface area contributed by atoms with Crippen molar-refractivity contribution < 1.29 is 19.1 Å². The Kier molecular flexibility index (Phi) is 8.45. The lowest BCUT2D eigenvalue weighted by atomic mass is 10.2. The van der Waals surface area contributed by atoms with E-state index in [2.05, 4.69) is 20.8 Å². The van der Waals surface area contributed by atoms with Crippen LogP contribution in [0.2, 0.25) is 5.02 Å². The monoisotopic (exact) mass is 487 g/mol. The van der Waals surface area contributed by atoms with Gasteiger partial charge in [-0.25, -0.2) is 4.79 Å². The summed E-state index contributed by atoms with van der Waals surface area (Å²) in [5.74, 6) is -0.558. The molecule has 0 fully saturated rings. The first kappa shape index (κ1) is 24.3. The van der Waals surface area contributed by atoms with Crippen molar-refractivity contribution in [2.75, 3.05) is 23.0 Å². The molecule has 1 aromatic heterocycles. The molecule has 2 aromatic carbocycles. The minimum absolute atomic E-state index is 0.0299. The molecule has 11 heteroatoms. The molecule has 3 aromatic rings. The van der Waals surface area contributed by atoms with Crippen LogP contribution in [0, 0.1) is 0 Å². The largest absolute Gasteiger partial charge is 0.462 e. The Morgan fingerprint density at radius 2 is 1.82 bits per heavy atom. The predicted molar refractivity (Wildman–Crippen MR) is 127 cm³/mol. The number of carbonyl (C=O) groups is 3. The number of aromatic nitrogens is 3. The van der Waals surface area contributed by atoms with E-state index >= 15 is 0 Å². The number of amides is 2. The lowest BCUT2D eigenvalue weighted by Gasteiger charge is -2.09. The van der Waals surface area contributed by atoms with Crippen LogP contribution < -0.4 is 10.6 Å². The molecule has 2 amide bonds. The molecule has 0 saturated carbocycles. The number of thioether (sulfide) groups is 1. The molecular weight excluding hydrogens is 466 g/mol. The summed E-state index contributed by atoms with van der Waals surface area (Å²) in [6, 6.07) is 13.6. The number of para-hydroxylation sites is 1. The van der Waals surface area contributed by atoms with Crippen LogP contribution in [-0.2, 0) is 27.8 Å². The predicted octanol–water partition coefficient (Wildman–Crippen LogP) is 3.56. The summed E-state index contributed by atoms with van der Waals surface area (Å²) in [4.78, 5) is 36.6. The van der Waals surface area contributed by atoms with Gasteiger partial charge in [-0.15, -0.1) is 10.2 Å². The highest BCUT2D eigenvalue weighted by molar-refractivity contribution is 7.99. The summed E-state index contributed by atoms with van der Waals surface area (Å²) in [5, 5.41) is 14.4. The minimum Gasteiger partial charge on any atom is -0.462 e. The quantitative estimate of drug-likeness (QED) is 0.350. The Balaban J connectivity index is 1.56. The van der Waals surface area contributed by atoms with Gasteiger partial charge in [-0.05, 0) is 37.3 Å². The molecule has 172 valence electrons. The van der Waals surface area contributed by atoms with Crippen molar-refractivity contribution in [3.8, 4) is 0 Å². The van der Waals surface area contributed by atoms with Crippen LogP contribution in [0.5, 0.6) is 0 Å². The van der Waals surface area contributed by atoms with Crippen LogP contribution in [0.4, 0.5) is 11.4 Å². The zero-order valence-electron chi connectivity index (χ0n) is 18.0. The van der Waals surface area contributed by atoms with Crippen molar-refractivity contribution in [2.24, 2.45) is 7.05 Å². The first-order valence-corrected chi connectivity index (χ1v) is 11.4. The summed E-state index contributed by atoms with van der Waals surface area (Å²) in [6.45, 7) is 1.95. The van der Waals surface area contributed by atoms with E-state index in [1.54, 1.807) is 30.7 Å². The molecule has 0 aliphatic rings. The molecule has 0 saturated heterocycles. The number of hydrogen-bond donors (Lipinski definition) is 2. The van der Waals surface area contributed by atoms with E-state index in [0.29, 0.717) is 27.4 Å². The highest BCUT2D eigenvalue weighted by Crippen LogP contribution is 2.24. The van der Waals surface area contributed by atoms with Gasteiger partial charge in [-0.3, -0.25) is 9.59 Å². The van der Waals surface area contributed by atoms with Gasteiger partial charge in [-0.1, -0.05) is 41.6 Å². The van der Waals surface area contributed by atoms with Crippen molar-refractivity contribution >= 4 is 52.5 Å². The van der Waals surface area contributed by atoms with E-state index in [4.69, 9.17) is 16.3 Å².